The Balaban J connectivity index is 1.56. The zero-order chi connectivity index (χ0) is 15.9. The number of hydrazine groups is 1. The van der Waals surface area contributed by atoms with Crippen LogP contribution in [0.4, 0.5) is 0 Å². The van der Waals surface area contributed by atoms with Gasteiger partial charge in [0.1, 0.15) is 5.41 Å². The van der Waals surface area contributed by atoms with Crippen molar-refractivity contribution in [1.82, 2.24) is 20.2 Å². The number of ether oxygens (including phenoxy) is 1. The summed E-state index contributed by atoms with van der Waals surface area (Å²) in [5.74, 6) is 0.0123. The Hall–Kier alpha value is -1.18. The van der Waals surface area contributed by atoms with E-state index in [0.717, 1.165) is 38.9 Å². The molecule has 0 bridgehead atoms. The molecule has 0 saturated carbocycles. The largest absolute Gasteiger partial charge is 0.378 e. The molecule has 4 aliphatic heterocycles. The standard InChI is InChI=1S/C16H26N4O3/c21-14-16(15(22)20-9-11-23-10-8-19(14)20)4-1-7-18(12-16)13-2-5-17-6-3-13/h13,17H,1-12H2. The number of likely N-dealkylation sites (tertiary alicyclic amines) is 1. The van der Waals surface area contributed by atoms with Crippen LogP contribution in [-0.4, -0.2) is 85.3 Å². The number of hydrogen-bond donors (Lipinski definition) is 1. The SMILES string of the molecule is O=C1N2CCOCCN2C(=O)C12CCCN(C1CCNCC1)C2. The molecule has 4 rings (SSSR count). The summed E-state index contributed by atoms with van der Waals surface area (Å²) in [6, 6.07) is 0.507. The minimum absolute atomic E-state index is 0.00614. The molecule has 0 unspecified atom stereocenters. The van der Waals surface area contributed by atoms with E-state index >= 15 is 0 Å². The molecule has 7 heteroatoms. The number of piperidine rings is 2. The second-order valence-corrected chi connectivity index (χ2v) is 7.11. The van der Waals surface area contributed by atoms with Crippen molar-refractivity contribution in [2.45, 2.75) is 31.7 Å². The summed E-state index contributed by atoms with van der Waals surface area (Å²) >= 11 is 0. The highest BCUT2D eigenvalue weighted by Gasteiger charge is 2.60. The summed E-state index contributed by atoms with van der Waals surface area (Å²) in [6.07, 6.45) is 3.85. The average Bonchev–Trinajstić information content (AvgIpc) is 2.80. The molecule has 1 N–H and O–H groups in total. The molecule has 128 valence electrons. The Morgan fingerprint density at radius 2 is 1.65 bits per heavy atom. The summed E-state index contributed by atoms with van der Waals surface area (Å²) in [7, 11) is 0. The van der Waals surface area contributed by atoms with Gasteiger partial charge >= 0.3 is 0 Å². The van der Waals surface area contributed by atoms with Crippen LogP contribution in [-0.2, 0) is 14.3 Å². The van der Waals surface area contributed by atoms with Gasteiger partial charge in [-0.2, -0.15) is 0 Å². The highest BCUT2D eigenvalue weighted by molar-refractivity contribution is 6.10. The van der Waals surface area contributed by atoms with Crippen LogP contribution in [0.25, 0.3) is 0 Å². The van der Waals surface area contributed by atoms with Crippen molar-refractivity contribution >= 4 is 11.8 Å². The number of hydrogen-bond acceptors (Lipinski definition) is 5. The molecular weight excluding hydrogens is 296 g/mol. The van der Waals surface area contributed by atoms with Crippen molar-refractivity contribution in [3.63, 3.8) is 0 Å². The lowest BCUT2D eigenvalue weighted by Crippen LogP contribution is -2.55. The maximum Gasteiger partial charge on any atom is 0.258 e. The van der Waals surface area contributed by atoms with E-state index in [4.69, 9.17) is 4.74 Å². The van der Waals surface area contributed by atoms with Crippen LogP contribution in [0, 0.1) is 5.41 Å². The number of rotatable bonds is 1. The number of fused-ring (bicyclic) bond motifs is 1. The molecule has 0 aromatic heterocycles. The Bertz CT molecular complexity index is 468. The van der Waals surface area contributed by atoms with Crippen LogP contribution in [0.15, 0.2) is 0 Å². The van der Waals surface area contributed by atoms with Crippen molar-refractivity contribution in [2.24, 2.45) is 5.41 Å². The van der Waals surface area contributed by atoms with Crippen LogP contribution >= 0.6 is 0 Å². The lowest BCUT2D eigenvalue weighted by molar-refractivity contribution is -0.145. The lowest BCUT2D eigenvalue weighted by atomic mass is 9.78. The Labute approximate surface area is 136 Å². The summed E-state index contributed by atoms with van der Waals surface area (Å²) < 4.78 is 5.41. The van der Waals surface area contributed by atoms with E-state index < -0.39 is 5.41 Å². The molecule has 7 nitrogen and oxygen atoms in total. The van der Waals surface area contributed by atoms with Gasteiger partial charge in [0.05, 0.1) is 26.3 Å². The molecule has 0 atom stereocenters. The molecular formula is C16H26N4O3. The lowest BCUT2D eigenvalue weighted by Gasteiger charge is -2.42. The molecule has 0 aromatic rings. The van der Waals surface area contributed by atoms with E-state index in [2.05, 4.69) is 10.2 Å². The van der Waals surface area contributed by atoms with E-state index in [1.54, 1.807) is 10.0 Å². The highest BCUT2D eigenvalue weighted by Crippen LogP contribution is 2.41. The van der Waals surface area contributed by atoms with Gasteiger partial charge in [0.15, 0.2) is 0 Å². The summed E-state index contributed by atoms with van der Waals surface area (Å²) in [5, 5.41) is 6.70. The number of carbonyl (C=O) groups excluding carboxylic acids is 2. The molecule has 23 heavy (non-hydrogen) atoms. The first-order valence-corrected chi connectivity index (χ1v) is 8.89. The number of amides is 2. The monoisotopic (exact) mass is 322 g/mol. The van der Waals surface area contributed by atoms with Gasteiger partial charge in [0.2, 0.25) is 0 Å². The molecule has 2 amide bonds. The Kier molecular flexibility index (Phi) is 4.03. The summed E-state index contributed by atoms with van der Waals surface area (Å²) in [4.78, 5) is 28.6. The molecule has 0 radical (unpaired) electrons. The van der Waals surface area contributed by atoms with Crippen molar-refractivity contribution < 1.29 is 14.3 Å². The fourth-order valence-corrected chi connectivity index (χ4v) is 4.57. The Morgan fingerprint density at radius 1 is 1.00 bits per heavy atom. The van der Waals surface area contributed by atoms with E-state index in [0.29, 0.717) is 45.3 Å². The van der Waals surface area contributed by atoms with Crippen LogP contribution in [0.1, 0.15) is 25.7 Å². The topological polar surface area (TPSA) is 65.1 Å². The minimum Gasteiger partial charge on any atom is -0.378 e. The molecule has 1 spiro atoms. The smallest absolute Gasteiger partial charge is 0.258 e. The van der Waals surface area contributed by atoms with E-state index in [1.807, 2.05) is 0 Å². The van der Waals surface area contributed by atoms with E-state index in [-0.39, 0.29) is 11.8 Å². The van der Waals surface area contributed by atoms with Gasteiger partial charge in [-0.1, -0.05) is 0 Å². The van der Waals surface area contributed by atoms with E-state index in [1.165, 1.54) is 0 Å². The van der Waals surface area contributed by atoms with Crippen LogP contribution < -0.4 is 5.32 Å². The van der Waals surface area contributed by atoms with Gasteiger partial charge in [-0.3, -0.25) is 14.5 Å². The Morgan fingerprint density at radius 3 is 2.30 bits per heavy atom. The predicted molar refractivity (Wildman–Crippen MR) is 83.4 cm³/mol. The maximum absolute atomic E-state index is 13.1. The molecule has 4 heterocycles. The van der Waals surface area contributed by atoms with Gasteiger partial charge in [-0.15, -0.1) is 0 Å². The number of nitrogens with zero attached hydrogens (tertiary/aromatic N) is 3. The second kappa shape index (κ2) is 6.03. The van der Waals surface area contributed by atoms with Crippen molar-refractivity contribution in [3.05, 3.63) is 0 Å². The van der Waals surface area contributed by atoms with Crippen LogP contribution in [0.2, 0.25) is 0 Å². The van der Waals surface area contributed by atoms with E-state index in [9.17, 15) is 9.59 Å². The molecule has 4 fully saturated rings. The minimum atomic E-state index is -0.833. The van der Waals surface area contributed by atoms with Gasteiger partial charge < -0.3 is 10.1 Å². The molecule has 0 aliphatic carbocycles. The van der Waals surface area contributed by atoms with Crippen LogP contribution in [0.3, 0.4) is 0 Å². The van der Waals surface area contributed by atoms with Crippen molar-refractivity contribution in [2.75, 3.05) is 52.5 Å². The normalized spacial score (nSPS) is 29.9. The third-order valence-corrected chi connectivity index (χ3v) is 5.82. The van der Waals surface area contributed by atoms with Crippen molar-refractivity contribution in [1.29, 1.82) is 0 Å². The first-order valence-electron chi connectivity index (χ1n) is 8.89. The van der Waals surface area contributed by atoms with Crippen LogP contribution in [0.5, 0.6) is 0 Å². The summed E-state index contributed by atoms with van der Waals surface area (Å²) in [6.45, 7) is 5.71. The zero-order valence-corrected chi connectivity index (χ0v) is 13.6. The third kappa shape index (κ3) is 2.45. The zero-order valence-electron chi connectivity index (χ0n) is 13.6. The van der Waals surface area contributed by atoms with Crippen molar-refractivity contribution in [3.8, 4) is 0 Å². The number of carbonyl (C=O) groups is 2. The number of nitrogens with one attached hydrogen (secondary N) is 1. The molecule has 4 saturated heterocycles. The molecule has 0 aromatic carbocycles. The maximum atomic E-state index is 13.1. The fraction of sp³-hybridized carbons (Fsp3) is 0.875. The van der Waals surface area contributed by atoms with Gasteiger partial charge in [0.25, 0.3) is 11.8 Å². The third-order valence-electron chi connectivity index (χ3n) is 5.82. The first kappa shape index (κ1) is 15.4. The summed E-state index contributed by atoms with van der Waals surface area (Å²) in [5.41, 5.74) is -0.833. The fourth-order valence-electron chi connectivity index (χ4n) is 4.57. The van der Waals surface area contributed by atoms with Gasteiger partial charge in [-0.25, -0.2) is 10.0 Å². The van der Waals surface area contributed by atoms with Gasteiger partial charge in [0, 0.05) is 12.6 Å². The van der Waals surface area contributed by atoms with Gasteiger partial charge in [-0.05, 0) is 45.3 Å². The molecule has 4 aliphatic rings. The first-order chi connectivity index (χ1) is 11.2. The predicted octanol–water partition coefficient (Wildman–Crippen LogP) is -0.563. The average molecular weight is 322 g/mol. The second-order valence-electron chi connectivity index (χ2n) is 7.11. The quantitative estimate of drug-likeness (QED) is 0.656. The highest BCUT2D eigenvalue weighted by atomic mass is 16.5.